The molecular weight excluding hydrogens is 334 g/mol. The number of hydrogen-bond donors (Lipinski definition) is 0. The van der Waals surface area contributed by atoms with Gasteiger partial charge in [0.2, 0.25) is 0 Å². The van der Waals surface area contributed by atoms with Crippen LogP contribution in [0.25, 0.3) is 0 Å². The molecular formula is C19H21N3O4. The quantitative estimate of drug-likeness (QED) is 0.724. The topological polar surface area (TPSA) is 103 Å². The summed E-state index contributed by atoms with van der Waals surface area (Å²) < 4.78 is 10.2. The number of esters is 1. The normalized spacial score (nSPS) is 15.2. The van der Waals surface area contributed by atoms with E-state index in [-0.39, 0.29) is 6.61 Å². The van der Waals surface area contributed by atoms with Gasteiger partial charge in [0, 0.05) is 7.05 Å². The Morgan fingerprint density at radius 2 is 1.77 bits per heavy atom. The summed E-state index contributed by atoms with van der Waals surface area (Å²) in [6, 6.07) is 10.5. The molecule has 7 nitrogen and oxygen atoms in total. The summed E-state index contributed by atoms with van der Waals surface area (Å²) in [5, 5.41) is 18.2. The number of carbonyl (C=O) groups is 2. The van der Waals surface area contributed by atoms with Crippen LogP contribution >= 0.6 is 0 Å². The van der Waals surface area contributed by atoms with Crippen LogP contribution in [0.5, 0.6) is 5.75 Å². The molecule has 0 unspecified atom stereocenters. The number of rotatable bonds is 6. The monoisotopic (exact) mass is 355 g/mol. The third-order valence-corrected chi connectivity index (χ3v) is 4.60. The van der Waals surface area contributed by atoms with Crippen LogP contribution in [0, 0.1) is 22.7 Å². The van der Waals surface area contributed by atoms with Crippen LogP contribution in [-0.2, 0) is 14.3 Å². The van der Waals surface area contributed by atoms with E-state index in [9.17, 15) is 14.9 Å². The Morgan fingerprint density at radius 3 is 2.35 bits per heavy atom. The molecule has 1 aromatic rings. The van der Waals surface area contributed by atoms with Gasteiger partial charge in [-0.05, 0) is 37.1 Å². The molecule has 2 rings (SSSR count). The minimum absolute atomic E-state index is 0.341. The SMILES string of the molecule is CN(C(=O)COC(=O)COc1ccc(C#N)cc1)C1(C#N)CCCCC1. The van der Waals surface area contributed by atoms with Crippen molar-refractivity contribution in [2.24, 2.45) is 0 Å². The van der Waals surface area contributed by atoms with Crippen LogP contribution in [0.3, 0.4) is 0 Å². The molecule has 0 N–H and O–H groups in total. The molecule has 1 aliphatic carbocycles. The third-order valence-electron chi connectivity index (χ3n) is 4.60. The second-order valence-corrected chi connectivity index (χ2v) is 6.24. The van der Waals surface area contributed by atoms with Gasteiger partial charge < -0.3 is 14.4 Å². The van der Waals surface area contributed by atoms with Gasteiger partial charge in [0.05, 0.1) is 17.7 Å². The number of nitriles is 2. The van der Waals surface area contributed by atoms with Gasteiger partial charge in [-0.15, -0.1) is 0 Å². The Balaban J connectivity index is 1.79. The Labute approximate surface area is 152 Å². The number of benzene rings is 1. The first-order valence-corrected chi connectivity index (χ1v) is 8.47. The molecule has 1 aromatic carbocycles. The summed E-state index contributed by atoms with van der Waals surface area (Å²) in [7, 11) is 1.58. The first-order valence-electron chi connectivity index (χ1n) is 8.47. The lowest BCUT2D eigenvalue weighted by Gasteiger charge is -2.38. The van der Waals surface area contributed by atoms with E-state index in [0.717, 1.165) is 19.3 Å². The molecule has 0 atom stereocenters. The van der Waals surface area contributed by atoms with E-state index in [1.54, 1.807) is 31.3 Å². The van der Waals surface area contributed by atoms with Crippen molar-refractivity contribution in [1.29, 1.82) is 10.5 Å². The summed E-state index contributed by atoms with van der Waals surface area (Å²) in [6.07, 6.45) is 4.16. The van der Waals surface area contributed by atoms with Crippen molar-refractivity contribution in [3.05, 3.63) is 29.8 Å². The Bertz CT molecular complexity index is 725. The largest absolute Gasteiger partial charge is 0.482 e. The van der Waals surface area contributed by atoms with E-state index in [2.05, 4.69) is 6.07 Å². The van der Waals surface area contributed by atoms with Crippen LogP contribution in [0.4, 0.5) is 0 Å². The minimum atomic E-state index is -0.805. The van der Waals surface area contributed by atoms with Gasteiger partial charge in [0.25, 0.3) is 5.91 Å². The second-order valence-electron chi connectivity index (χ2n) is 6.24. The third kappa shape index (κ3) is 4.73. The molecule has 0 saturated heterocycles. The van der Waals surface area contributed by atoms with Crippen molar-refractivity contribution in [3.8, 4) is 17.9 Å². The molecule has 1 saturated carbocycles. The fourth-order valence-electron chi connectivity index (χ4n) is 2.95. The maximum Gasteiger partial charge on any atom is 0.344 e. The maximum atomic E-state index is 12.3. The van der Waals surface area contributed by atoms with Crippen LogP contribution in [0.15, 0.2) is 24.3 Å². The zero-order chi connectivity index (χ0) is 19.0. The van der Waals surface area contributed by atoms with E-state index in [0.29, 0.717) is 24.2 Å². The van der Waals surface area contributed by atoms with Crippen molar-refractivity contribution >= 4 is 11.9 Å². The molecule has 0 aromatic heterocycles. The van der Waals surface area contributed by atoms with Gasteiger partial charge in [0.1, 0.15) is 11.3 Å². The summed E-state index contributed by atoms with van der Waals surface area (Å²) in [5.41, 5.74) is -0.316. The summed E-state index contributed by atoms with van der Waals surface area (Å²) in [5.74, 6) is -0.652. The number of ether oxygens (including phenoxy) is 2. The van der Waals surface area contributed by atoms with Gasteiger partial charge in [0.15, 0.2) is 13.2 Å². The second kappa shape index (κ2) is 8.87. The standard InChI is InChI=1S/C19H21N3O4/c1-22(19(14-21)9-3-2-4-10-19)17(23)12-26-18(24)13-25-16-7-5-15(11-20)6-8-16/h5-8H,2-4,9-10,12-13H2,1H3. The zero-order valence-electron chi connectivity index (χ0n) is 14.7. The van der Waals surface area contributed by atoms with E-state index >= 15 is 0 Å². The van der Waals surface area contributed by atoms with E-state index in [1.165, 1.54) is 4.90 Å². The lowest BCUT2D eigenvalue weighted by Crippen LogP contribution is -2.51. The Hall–Kier alpha value is -3.06. The van der Waals surface area contributed by atoms with Crippen molar-refractivity contribution in [2.45, 2.75) is 37.6 Å². The molecule has 0 spiro atoms. The average molecular weight is 355 g/mol. The number of likely N-dealkylation sites (N-methyl/N-ethyl adjacent to an activating group) is 1. The minimum Gasteiger partial charge on any atom is -0.482 e. The van der Waals surface area contributed by atoms with Gasteiger partial charge in [-0.1, -0.05) is 19.3 Å². The molecule has 1 amide bonds. The van der Waals surface area contributed by atoms with Crippen molar-refractivity contribution < 1.29 is 19.1 Å². The fraction of sp³-hybridized carbons (Fsp3) is 0.474. The number of carbonyl (C=O) groups excluding carboxylic acids is 2. The van der Waals surface area contributed by atoms with Gasteiger partial charge >= 0.3 is 5.97 Å². The smallest absolute Gasteiger partial charge is 0.344 e. The van der Waals surface area contributed by atoms with Crippen molar-refractivity contribution in [3.63, 3.8) is 0 Å². The predicted molar refractivity (Wildman–Crippen MR) is 91.8 cm³/mol. The molecule has 1 fully saturated rings. The zero-order valence-corrected chi connectivity index (χ0v) is 14.7. The van der Waals surface area contributed by atoms with Crippen LogP contribution in [0.1, 0.15) is 37.7 Å². The maximum absolute atomic E-state index is 12.3. The molecule has 0 aliphatic heterocycles. The lowest BCUT2D eigenvalue weighted by molar-refractivity contribution is -0.155. The van der Waals surface area contributed by atoms with Crippen LogP contribution in [0.2, 0.25) is 0 Å². The molecule has 0 radical (unpaired) electrons. The highest BCUT2D eigenvalue weighted by molar-refractivity contribution is 5.81. The highest BCUT2D eigenvalue weighted by Gasteiger charge is 2.38. The average Bonchev–Trinajstić information content (AvgIpc) is 2.70. The fourth-order valence-corrected chi connectivity index (χ4v) is 2.95. The first kappa shape index (κ1) is 19.3. The first-order chi connectivity index (χ1) is 12.5. The highest BCUT2D eigenvalue weighted by Crippen LogP contribution is 2.32. The number of hydrogen-bond acceptors (Lipinski definition) is 6. The van der Waals surface area contributed by atoms with Crippen molar-refractivity contribution in [1.82, 2.24) is 4.90 Å². The molecule has 26 heavy (non-hydrogen) atoms. The van der Waals surface area contributed by atoms with E-state index in [4.69, 9.17) is 14.7 Å². The summed E-state index contributed by atoms with van der Waals surface area (Å²) in [6.45, 7) is -0.762. The van der Waals surface area contributed by atoms with Crippen LogP contribution in [-0.4, -0.2) is 42.6 Å². The molecule has 0 heterocycles. The predicted octanol–water partition coefficient (Wildman–Crippen LogP) is 2.17. The number of amides is 1. The Morgan fingerprint density at radius 1 is 1.12 bits per heavy atom. The van der Waals surface area contributed by atoms with Gasteiger partial charge in [-0.2, -0.15) is 10.5 Å². The van der Waals surface area contributed by atoms with E-state index < -0.39 is 24.0 Å². The molecule has 0 bridgehead atoms. The van der Waals surface area contributed by atoms with Gasteiger partial charge in [-0.25, -0.2) is 4.79 Å². The Kier molecular flexibility index (Phi) is 6.57. The molecule has 7 heteroatoms. The summed E-state index contributed by atoms with van der Waals surface area (Å²) >= 11 is 0. The lowest BCUT2D eigenvalue weighted by atomic mass is 9.81. The van der Waals surface area contributed by atoms with Gasteiger partial charge in [-0.3, -0.25) is 4.79 Å². The van der Waals surface area contributed by atoms with Crippen molar-refractivity contribution in [2.75, 3.05) is 20.3 Å². The van der Waals surface area contributed by atoms with Crippen LogP contribution < -0.4 is 4.74 Å². The molecule has 136 valence electrons. The molecule has 1 aliphatic rings. The highest BCUT2D eigenvalue weighted by atomic mass is 16.6. The van der Waals surface area contributed by atoms with E-state index in [1.807, 2.05) is 6.07 Å². The number of nitrogens with zero attached hydrogens (tertiary/aromatic N) is 3. The summed E-state index contributed by atoms with van der Waals surface area (Å²) in [4.78, 5) is 25.4.